The van der Waals surface area contributed by atoms with Gasteiger partial charge < -0.3 is 14.3 Å². The van der Waals surface area contributed by atoms with Crippen molar-refractivity contribution in [2.45, 2.75) is 56.5 Å². The lowest BCUT2D eigenvalue weighted by atomic mass is 9.94. The van der Waals surface area contributed by atoms with Crippen molar-refractivity contribution in [3.8, 4) is 0 Å². The summed E-state index contributed by atoms with van der Waals surface area (Å²) in [6, 6.07) is 25.2. The molecule has 0 aromatic heterocycles. The summed E-state index contributed by atoms with van der Waals surface area (Å²) in [6.45, 7) is 1.00. The van der Waals surface area contributed by atoms with Gasteiger partial charge in [0.25, 0.3) is 0 Å². The first-order valence-corrected chi connectivity index (χ1v) is 11.3. The molecule has 2 fully saturated rings. The van der Waals surface area contributed by atoms with Gasteiger partial charge in [-0.1, -0.05) is 72.8 Å². The Morgan fingerprint density at radius 1 is 0.968 bits per heavy atom. The molecule has 3 aromatic rings. The lowest BCUT2D eigenvalue weighted by Gasteiger charge is -2.47. The number of aliphatic hydroxyl groups excluding tert-OH is 1. The number of quaternary nitrogens is 1. The fourth-order valence-electron chi connectivity index (χ4n) is 5.85. The lowest BCUT2D eigenvalue weighted by molar-refractivity contribution is -0.961. The van der Waals surface area contributed by atoms with E-state index in [4.69, 9.17) is 4.74 Å². The van der Waals surface area contributed by atoms with Crippen LogP contribution >= 0.6 is 0 Å². The van der Waals surface area contributed by atoms with E-state index in [1.807, 2.05) is 18.2 Å². The van der Waals surface area contributed by atoms with Crippen LogP contribution in [-0.4, -0.2) is 40.8 Å². The fraction of sp³-hybridized carbons (Fsp3) is 0.370. The Labute approximate surface area is 183 Å². The van der Waals surface area contributed by atoms with Crippen LogP contribution in [0, 0.1) is 0 Å². The topological polar surface area (TPSA) is 46.5 Å². The van der Waals surface area contributed by atoms with Gasteiger partial charge in [0.2, 0.25) is 0 Å². The summed E-state index contributed by atoms with van der Waals surface area (Å²) in [7, 11) is 2.38. The average molecular weight is 417 g/mol. The Kier molecular flexibility index (Phi) is 5.28. The molecule has 1 N–H and O–H groups in total. The number of piperidine rings is 1. The number of carbonyl (C=O) groups is 1. The van der Waals surface area contributed by atoms with Crippen LogP contribution in [0.5, 0.6) is 0 Å². The standard InChI is InChI=1S/C27H30NO3/c1-28(18-21-12-7-11-19-8-5-6-13-25(19)21)22-14-15-23(28)17-24(16-22)31-27(30)26(29)20-9-3-2-4-10-20/h2-13,22-24,26,29H,14-18H2,1H3/q+1. The molecule has 4 nitrogen and oxygen atoms in total. The van der Waals surface area contributed by atoms with Crippen LogP contribution in [-0.2, 0) is 16.1 Å². The first-order valence-electron chi connectivity index (χ1n) is 11.3. The number of benzene rings is 3. The molecule has 2 aliphatic heterocycles. The Morgan fingerprint density at radius 3 is 2.35 bits per heavy atom. The van der Waals surface area contributed by atoms with Crippen LogP contribution in [0.15, 0.2) is 72.8 Å². The summed E-state index contributed by atoms with van der Waals surface area (Å²) < 4.78 is 6.82. The maximum Gasteiger partial charge on any atom is 0.339 e. The van der Waals surface area contributed by atoms with E-state index < -0.39 is 12.1 Å². The molecule has 0 radical (unpaired) electrons. The predicted octanol–water partition coefficient (Wildman–Crippen LogP) is 4.76. The molecule has 160 valence electrons. The molecule has 3 unspecified atom stereocenters. The number of hydrogen-bond acceptors (Lipinski definition) is 3. The van der Waals surface area contributed by atoms with Crippen LogP contribution in [0.3, 0.4) is 0 Å². The number of ether oxygens (including phenoxy) is 1. The normalized spacial score (nSPS) is 28.4. The van der Waals surface area contributed by atoms with Gasteiger partial charge in [-0.25, -0.2) is 4.79 Å². The third-order valence-corrected chi connectivity index (χ3v) is 7.58. The maximum atomic E-state index is 12.6. The summed E-state index contributed by atoms with van der Waals surface area (Å²) in [5, 5.41) is 13.0. The lowest BCUT2D eigenvalue weighted by Crippen LogP contribution is -2.58. The number of esters is 1. The van der Waals surface area contributed by atoms with E-state index in [1.165, 1.54) is 29.2 Å². The van der Waals surface area contributed by atoms with E-state index in [2.05, 4.69) is 49.5 Å². The monoisotopic (exact) mass is 416 g/mol. The highest BCUT2D eigenvalue weighted by molar-refractivity contribution is 5.85. The van der Waals surface area contributed by atoms with Crippen LogP contribution < -0.4 is 0 Å². The predicted molar refractivity (Wildman–Crippen MR) is 121 cm³/mol. The van der Waals surface area contributed by atoms with E-state index in [9.17, 15) is 9.90 Å². The summed E-state index contributed by atoms with van der Waals surface area (Å²) in [6.07, 6.45) is 2.75. The zero-order valence-electron chi connectivity index (χ0n) is 18.0. The first kappa shape index (κ1) is 20.2. The van der Waals surface area contributed by atoms with Crippen LogP contribution in [0.2, 0.25) is 0 Å². The molecule has 2 heterocycles. The molecule has 4 heteroatoms. The van der Waals surface area contributed by atoms with E-state index in [0.717, 1.165) is 23.9 Å². The zero-order valence-corrected chi connectivity index (χ0v) is 18.0. The third kappa shape index (κ3) is 3.75. The Morgan fingerprint density at radius 2 is 1.61 bits per heavy atom. The Balaban J connectivity index is 1.30. The molecule has 0 spiro atoms. The van der Waals surface area contributed by atoms with Gasteiger partial charge in [0.05, 0.1) is 19.1 Å². The molecule has 0 saturated carbocycles. The number of fused-ring (bicyclic) bond motifs is 3. The van der Waals surface area contributed by atoms with Crippen LogP contribution in [0.1, 0.15) is 42.9 Å². The van der Waals surface area contributed by atoms with Crippen molar-refractivity contribution in [2.75, 3.05) is 7.05 Å². The quantitative estimate of drug-likeness (QED) is 0.482. The molecule has 5 rings (SSSR count). The second-order valence-electron chi connectivity index (χ2n) is 9.37. The molecule has 0 amide bonds. The van der Waals surface area contributed by atoms with Crippen LogP contribution in [0.4, 0.5) is 0 Å². The minimum atomic E-state index is -1.21. The zero-order chi connectivity index (χ0) is 21.4. The van der Waals surface area contributed by atoms with E-state index in [0.29, 0.717) is 17.6 Å². The molecule has 3 atom stereocenters. The van der Waals surface area contributed by atoms with Crippen molar-refractivity contribution >= 4 is 16.7 Å². The van der Waals surface area contributed by atoms with E-state index >= 15 is 0 Å². The van der Waals surface area contributed by atoms with Gasteiger partial charge in [0, 0.05) is 31.2 Å². The van der Waals surface area contributed by atoms with Crippen molar-refractivity contribution < 1.29 is 19.1 Å². The second kappa shape index (κ2) is 8.10. The Bertz CT molecular complexity index is 1060. The van der Waals surface area contributed by atoms with Crippen molar-refractivity contribution in [3.63, 3.8) is 0 Å². The molecule has 2 saturated heterocycles. The van der Waals surface area contributed by atoms with Crippen molar-refractivity contribution in [1.29, 1.82) is 0 Å². The van der Waals surface area contributed by atoms with E-state index in [-0.39, 0.29) is 6.10 Å². The number of hydrogen-bond donors (Lipinski definition) is 1. The number of rotatable bonds is 5. The third-order valence-electron chi connectivity index (χ3n) is 7.58. The van der Waals surface area contributed by atoms with E-state index in [1.54, 1.807) is 12.1 Å². The van der Waals surface area contributed by atoms with Gasteiger partial charge in [0.15, 0.2) is 6.10 Å². The highest BCUT2D eigenvalue weighted by Crippen LogP contribution is 2.44. The molecular formula is C27H30NO3+. The van der Waals surface area contributed by atoms with Crippen molar-refractivity contribution in [3.05, 3.63) is 83.9 Å². The number of aliphatic hydroxyl groups is 1. The highest BCUT2D eigenvalue weighted by Gasteiger charge is 2.52. The summed E-state index contributed by atoms with van der Waals surface area (Å²) in [4.78, 5) is 12.6. The molecular weight excluding hydrogens is 386 g/mol. The fourth-order valence-corrected chi connectivity index (χ4v) is 5.85. The van der Waals surface area contributed by atoms with Gasteiger partial charge in [-0.3, -0.25) is 0 Å². The number of carbonyl (C=O) groups excluding carboxylic acids is 1. The summed E-state index contributed by atoms with van der Waals surface area (Å²) >= 11 is 0. The van der Waals surface area contributed by atoms with Gasteiger partial charge in [-0.2, -0.15) is 0 Å². The average Bonchev–Trinajstić information content (AvgIpc) is 2.95. The first-order chi connectivity index (χ1) is 15.0. The smallest absolute Gasteiger partial charge is 0.339 e. The Hall–Kier alpha value is -2.69. The molecule has 0 aliphatic carbocycles. The van der Waals surface area contributed by atoms with Crippen LogP contribution in [0.25, 0.3) is 10.8 Å². The summed E-state index contributed by atoms with van der Waals surface area (Å²) in [5.41, 5.74) is 1.98. The molecule has 31 heavy (non-hydrogen) atoms. The largest absolute Gasteiger partial charge is 0.460 e. The number of nitrogens with zero attached hydrogens (tertiary/aromatic N) is 1. The molecule has 2 bridgehead atoms. The van der Waals surface area contributed by atoms with Crippen molar-refractivity contribution in [2.24, 2.45) is 0 Å². The SMILES string of the molecule is C[N+]1(Cc2cccc3ccccc23)C2CCC1CC(OC(=O)C(O)c1ccccc1)C2. The minimum absolute atomic E-state index is 0.109. The molecule has 2 aliphatic rings. The second-order valence-corrected chi connectivity index (χ2v) is 9.37. The minimum Gasteiger partial charge on any atom is -0.460 e. The highest BCUT2D eigenvalue weighted by atomic mass is 16.6. The molecule has 3 aromatic carbocycles. The van der Waals surface area contributed by atoms with Gasteiger partial charge in [-0.05, 0) is 16.3 Å². The van der Waals surface area contributed by atoms with Crippen molar-refractivity contribution in [1.82, 2.24) is 0 Å². The maximum absolute atomic E-state index is 12.6. The van der Waals surface area contributed by atoms with Gasteiger partial charge in [-0.15, -0.1) is 0 Å². The van der Waals surface area contributed by atoms with Gasteiger partial charge >= 0.3 is 5.97 Å². The summed E-state index contributed by atoms with van der Waals surface area (Å²) in [5.74, 6) is -0.527. The van der Waals surface area contributed by atoms with Gasteiger partial charge in [0.1, 0.15) is 12.6 Å².